The summed E-state index contributed by atoms with van der Waals surface area (Å²) in [6, 6.07) is 1.75. The number of aryl methyl sites for hydroxylation is 2. The standard InChI is InChI=1S/C17H18N4O2S2/c1-20(8-14-19-12-4-2-3-5-13(12)25-14)15(22)9-21-10-18-16-11(17(21)23)6-7-24-16/h6-7,10H,2-5,8-9H2,1H3. The number of amides is 1. The van der Waals surface area contributed by atoms with Crippen molar-refractivity contribution in [2.75, 3.05) is 7.05 Å². The average Bonchev–Trinajstić information content (AvgIpc) is 3.23. The van der Waals surface area contributed by atoms with Crippen molar-refractivity contribution in [2.45, 2.75) is 38.8 Å². The summed E-state index contributed by atoms with van der Waals surface area (Å²) < 4.78 is 1.38. The predicted octanol–water partition coefficient (Wildman–Crippen LogP) is 2.45. The van der Waals surface area contributed by atoms with Crippen LogP contribution in [0.15, 0.2) is 22.6 Å². The molecule has 1 amide bonds. The summed E-state index contributed by atoms with van der Waals surface area (Å²) >= 11 is 3.13. The number of thiophene rings is 1. The maximum atomic E-state index is 12.5. The van der Waals surface area contributed by atoms with Crippen molar-refractivity contribution < 1.29 is 4.79 Å². The molecule has 130 valence electrons. The second-order valence-electron chi connectivity index (χ2n) is 6.25. The quantitative estimate of drug-likeness (QED) is 0.703. The zero-order chi connectivity index (χ0) is 17.4. The lowest BCUT2D eigenvalue weighted by atomic mass is 10.0. The largest absolute Gasteiger partial charge is 0.337 e. The topological polar surface area (TPSA) is 68.1 Å². The third-order valence-electron chi connectivity index (χ3n) is 4.44. The molecule has 1 aliphatic carbocycles. The van der Waals surface area contributed by atoms with Crippen LogP contribution >= 0.6 is 22.7 Å². The predicted molar refractivity (Wildman–Crippen MR) is 99.1 cm³/mol. The molecule has 25 heavy (non-hydrogen) atoms. The molecule has 0 bridgehead atoms. The van der Waals surface area contributed by atoms with Crippen LogP contribution in [0.1, 0.15) is 28.4 Å². The molecule has 3 aromatic rings. The van der Waals surface area contributed by atoms with Crippen LogP contribution in [-0.4, -0.2) is 32.4 Å². The Hall–Kier alpha value is -2.06. The van der Waals surface area contributed by atoms with Gasteiger partial charge in [0, 0.05) is 11.9 Å². The van der Waals surface area contributed by atoms with Gasteiger partial charge < -0.3 is 4.90 Å². The van der Waals surface area contributed by atoms with Crippen LogP contribution in [0.5, 0.6) is 0 Å². The summed E-state index contributed by atoms with van der Waals surface area (Å²) in [4.78, 5) is 37.5. The molecule has 0 aliphatic heterocycles. The number of hydrogen-bond acceptors (Lipinski definition) is 6. The Morgan fingerprint density at radius 1 is 1.36 bits per heavy atom. The lowest BCUT2D eigenvalue weighted by Crippen LogP contribution is -2.33. The number of rotatable bonds is 4. The summed E-state index contributed by atoms with van der Waals surface area (Å²) in [7, 11) is 1.75. The van der Waals surface area contributed by atoms with E-state index in [4.69, 9.17) is 0 Å². The first kappa shape index (κ1) is 16.4. The number of likely N-dealkylation sites (N-methyl/N-ethyl adjacent to an activating group) is 1. The lowest BCUT2D eigenvalue weighted by molar-refractivity contribution is -0.131. The highest BCUT2D eigenvalue weighted by Gasteiger charge is 2.18. The number of fused-ring (bicyclic) bond motifs is 2. The minimum absolute atomic E-state index is 0.000784. The van der Waals surface area contributed by atoms with Crippen LogP contribution in [0.2, 0.25) is 0 Å². The fourth-order valence-corrected chi connectivity index (χ4v) is 4.97. The molecule has 0 atom stereocenters. The van der Waals surface area contributed by atoms with E-state index < -0.39 is 0 Å². The molecular weight excluding hydrogens is 356 g/mol. The SMILES string of the molecule is CN(Cc1nc2c(s1)CCCC2)C(=O)Cn1cnc2sccc2c1=O. The smallest absolute Gasteiger partial charge is 0.262 e. The van der Waals surface area contributed by atoms with Crippen molar-refractivity contribution >= 4 is 38.8 Å². The molecule has 0 saturated carbocycles. The minimum Gasteiger partial charge on any atom is -0.337 e. The number of carbonyl (C=O) groups excluding carboxylic acids is 1. The van der Waals surface area contributed by atoms with E-state index in [9.17, 15) is 9.59 Å². The lowest BCUT2D eigenvalue weighted by Gasteiger charge is -2.16. The molecule has 0 N–H and O–H groups in total. The number of aromatic nitrogens is 3. The molecule has 3 aromatic heterocycles. The van der Waals surface area contributed by atoms with Crippen LogP contribution in [0, 0.1) is 0 Å². The van der Waals surface area contributed by atoms with Gasteiger partial charge in [0.15, 0.2) is 0 Å². The van der Waals surface area contributed by atoms with E-state index in [-0.39, 0.29) is 18.0 Å². The van der Waals surface area contributed by atoms with Crippen molar-refractivity contribution in [3.8, 4) is 0 Å². The van der Waals surface area contributed by atoms with E-state index in [2.05, 4.69) is 9.97 Å². The average molecular weight is 374 g/mol. The molecule has 0 saturated heterocycles. The van der Waals surface area contributed by atoms with Gasteiger partial charge in [-0.25, -0.2) is 9.97 Å². The van der Waals surface area contributed by atoms with Gasteiger partial charge in [0.25, 0.3) is 5.56 Å². The molecule has 0 radical (unpaired) electrons. The van der Waals surface area contributed by atoms with Crippen molar-refractivity contribution in [2.24, 2.45) is 0 Å². The van der Waals surface area contributed by atoms with Crippen LogP contribution in [0.25, 0.3) is 10.2 Å². The van der Waals surface area contributed by atoms with Gasteiger partial charge in [-0.3, -0.25) is 14.2 Å². The van der Waals surface area contributed by atoms with Gasteiger partial charge in [-0.15, -0.1) is 22.7 Å². The maximum Gasteiger partial charge on any atom is 0.262 e. The number of thiazole rings is 1. The Kier molecular flexibility index (Phi) is 4.39. The van der Waals surface area contributed by atoms with Crippen molar-refractivity contribution in [3.05, 3.63) is 43.7 Å². The van der Waals surface area contributed by atoms with Gasteiger partial charge in [0.05, 0.1) is 24.0 Å². The fourth-order valence-electron chi connectivity index (χ4n) is 3.04. The number of hydrogen-bond donors (Lipinski definition) is 0. The molecule has 0 spiro atoms. The molecule has 0 aromatic carbocycles. The molecular formula is C17H18N4O2S2. The first-order valence-corrected chi connectivity index (χ1v) is 9.95. The third-order valence-corrected chi connectivity index (χ3v) is 6.41. The normalized spacial score (nSPS) is 13.8. The van der Waals surface area contributed by atoms with Gasteiger partial charge in [-0.2, -0.15) is 0 Å². The van der Waals surface area contributed by atoms with E-state index in [1.54, 1.807) is 29.4 Å². The summed E-state index contributed by atoms with van der Waals surface area (Å²) in [6.07, 6.45) is 6.03. The molecule has 6 nitrogen and oxygen atoms in total. The molecule has 8 heteroatoms. The van der Waals surface area contributed by atoms with E-state index in [0.717, 1.165) is 17.8 Å². The van der Waals surface area contributed by atoms with Gasteiger partial charge >= 0.3 is 0 Å². The van der Waals surface area contributed by atoms with Crippen LogP contribution in [-0.2, 0) is 30.7 Å². The van der Waals surface area contributed by atoms with Crippen molar-refractivity contribution in [1.82, 2.24) is 19.4 Å². The second kappa shape index (κ2) is 6.68. The van der Waals surface area contributed by atoms with Gasteiger partial charge in [0.2, 0.25) is 5.91 Å². The van der Waals surface area contributed by atoms with E-state index in [1.807, 2.05) is 5.38 Å². The van der Waals surface area contributed by atoms with Crippen LogP contribution < -0.4 is 5.56 Å². The van der Waals surface area contributed by atoms with Crippen molar-refractivity contribution in [3.63, 3.8) is 0 Å². The Morgan fingerprint density at radius 2 is 2.20 bits per heavy atom. The summed E-state index contributed by atoms with van der Waals surface area (Å²) in [6.45, 7) is 0.485. The Labute approximate surface area is 152 Å². The third kappa shape index (κ3) is 3.23. The first-order valence-electron chi connectivity index (χ1n) is 8.26. The zero-order valence-corrected chi connectivity index (χ0v) is 15.5. The van der Waals surface area contributed by atoms with Gasteiger partial charge in [0.1, 0.15) is 16.4 Å². The highest BCUT2D eigenvalue weighted by molar-refractivity contribution is 7.16. The number of carbonyl (C=O) groups is 1. The van der Waals surface area contributed by atoms with Crippen LogP contribution in [0.3, 0.4) is 0 Å². The highest BCUT2D eigenvalue weighted by atomic mass is 32.1. The summed E-state index contributed by atoms with van der Waals surface area (Å²) in [5.74, 6) is -0.119. The fraction of sp³-hybridized carbons (Fsp3) is 0.412. The van der Waals surface area contributed by atoms with E-state index >= 15 is 0 Å². The molecule has 0 unspecified atom stereocenters. The summed E-state index contributed by atoms with van der Waals surface area (Å²) in [5.41, 5.74) is 1.04. The Morgan fingerprint density at radius 3 is 3.04 bits per heavy atom. The molecule has 4 rings (SSSR count). The monoisotopic (exact) mass is 374 g/mol. The maximum absolute atomic E-state index is 12.5. The zero-order valence-electron chi connectivity index (χ0n) is 13.9. The molecule has 3 heterocycles. The summed E-state index contributed by atoms with van der Waals surface area (Å²) in [5, 5.41) is 3.37. The Balaban J connectivity index is 1.47. The van der Waals surface area contributed by atoms with Crippen LogP contribution in [0.4, 0.5) is 0 Å². The van der Waals surface area contributed by atoms with Crippen molar-refractivity contribution in [1.29, 1.82) is 0 Å². The van der Waals surface area contributed by atoms with Gasteiger partial charge in [-0.05, 0) is 37.1 Å². The number of nitrogens with zero attached hydrogens (tertiary/aromatic N) is 4. The highest BCUT2D eigenvalue weighted by Crippen LogP contribution is 2.27. The van der Waals surface area contributed by atoms with E-state index in [0.29, 0.717) is 16.8 Å². The first-order chi connectivity index (χ1) is 12.1. The molecule has 0 fully saturated rings. The van der Waals surface area contributed by atoms with Gasteiger partial charge in [-0.1, -0.05) is 0 Å². The second-order valence-corrected chi connectivity index (χ2v) is 8.31. The minimum atomic E-state index is -0.169. The van der Waals surface area contributed by atoms with E-state index in [1.165, 1.54) is 45.6 Å². The molecule has 1 aliphatic rings. The Bertz CT molecular complexity index is 965.